The summed E-state index contributed by atoms with van der Waals surface area (Å²) in [4.78, 5) is 31.6. The number of nitrogens with two attached hydrogens (primary N) is 1. The van der Waals surface area contributed by atoms with Crippen LogP contribution in [0.2, 0.25) is 0 Å². The summed E-state index contributed by atoms with van der Waals surface area (Å²) < 4.78 is 0. The Morgan fingerprint density at radius 2 is 2.13 bits per heavy atom. The molecule has 0 aliphatic rings. The molecule has 1 amide bonds. The summed E-state index contributed by atoms with van der Waals surface area (Å²) >= 11 is 0. The van der Waals surface area contributed by atoms with E-state index in [0.29, 0.717) is 19.3 Å². The summed E-state index contributed by atoms with van der Waals surface area (Å²) in [6, 6.07) is -0.961. The van der Waals surface area contributed by atoms with Gasteiger partial charge in [-0.05, 0) is 25.5 Å². The van der Waals surface area contributed by atoms with Crippen molar-refractivity contribution in [2.75, 3.05) is 6.54 Å². The number of rotatable bonds is 7. The molecule has 0 aliphatic heterocycles. The second-order valence-corrected chi connectivity index (χ2v) is 2.83. The quantitative estimate of drug-likeness (QED) is 0.374. The van der Waals surface area contributed by atoms with Crippen molar-refractivity contribution in [3.05, 3.63) is 12.2 Å². The van der Waals surface area contributed by atoms with Gasteiger partial charge in [0.25, 0.3) is 0 Å². The van der Waals surface area contributed by atoms with Crippen LogP contribution in [0.25, 0.3) is 0 Å². The highest BCUT2D eigenvalue weighted by atomic mass is 16.4. The second-order valence-electron chi connectivity index (χ2n) is 2.83. The summed E-state index contributed by atoms with van der Waals surface area (Å²) in [5.74, 6) is -1.72. The van der Waals surface area contributed by atoms with Crippen LogP contribution in [0.5, 0.6) is 0 Å². The SMILES string of the molecule is NCCC[C@H](NC(=O)/C=C/C=O)C(=O)O. The zero-order chi connectivity index (χ0) is 11.7. The molecule has 0 unspecified atom stereocenters. The number of carbonyl (C=O) groups excluding carboxylic acids is 2. The van der Waals surface area contributed by atoms with Gasteiger partial charge >= 0.3 is 5.97 Å². The molecule has 0 aliphatic carbocycles. The Morgan fingerprint density at radius 3 is 2.60 bits per heavy atom. The molecule has 6 heteroatoms. The molecule has 0 radical (unpaired) electrons. The van der Waals surface area contributed by atoms with Crippen LogP contribution in [0.4, 0.5) is 0 Å². The highest BCUT2D eigenvalue weighted by molar-refractivity contribution is 5.93. The van der Waals surface area contributed by atoms with E-state index in [1.54, 1.807) is 0 Å². The zero-order valence-electron chi connectivity index (χ0n) is 8.18. The Morgan fingerprint density at radius 1 is 1.47 bits per heavy atom. The van der Waals surface area contributed by atoms with E-state index in [2.05, 4.69) is 5.32 Å². The van der Waals surface area contributed by atoms with Crippen LogP contribution in [0.1, 0.15) is 12.8 Å². The van der Waals surface area contributed by atoms with Gasteiger partial charge in [0.1, 0.15) is 12.3 Å². The van der Waals surface area contributed by atoms with Crippen molar-refractivity contribution in [1.82, 2.24) is 5.32 Å². The third-order valence-electron chi connectivity index (χ3n) is 1.64. The van der Waals surface area contributed by atoms with Crippen LogP contribution in [-0.2, 0) is 14.4 Å². The Hall–Kier alpha value is -1.69. The molecule has 0 bridgehead atoms. The number of aliphatic carboxylic acids is 1. The molecule has 0 heterocycles. The highest BCUT2D eigenvalue weighted by Gasteiger charge is 2.17. The predicted molar refractivity (Wildman–Crippen MR) is 53.1 cm³/mol. The molecule has 0 aromatic rings. The monoisotopic (exact) mass is 214 g/mol. The van der Waals surface area contributed by atoms with Crippen molar-refractivity contribution < 1.29 is 19.5 Å². The van der Waals surface area contributed by atoms with Crippen LogP contribution < -0.4 is 11.1 Å². The molecule has 0 aromatic heterocycles. The Balaban J connectivity index is 4.15. The van der Waals surface area contributed by atoms with E-state index in [-0.39, 0.29) is 6.42 Å². The van der Waals surface area contributed by atoms with Crippen molar-refractivity contribution in [2.45, 2.75) is 18.9 Å². The van der Waals surface area contributed by atoms with Gasteiger partial charge in [0, 0.05) is 6.08 Å². The molecule has 0 rings (SSSR count). The van der Waals surface area contributed by atoms with E-state index in [1.807, 2.05) is 0 Å². The molecule has 1 atom stereocenters. The Labute approximate surface area is 87.1 Å². The number of carboxylic acid groups (broad SMARTS) is 1. The molecule has 15 heavy (non-hydrogen) atoms. The number of aldehydes is 1. The van der Waals surface area contributed by atoms with Gasteiger partial charge in [-0.1, -0.05) is 0 Å². The largest absolute Gasteiger partial charge is 0.480 e. The van der Waals surface area contributed by atoms with Gasteiger partial charge < -0.3 is 16.2 Å². The van der Waals surface area contributed by atoms with Gasteiger partial charge in [0.05, 0.1) is 0 Å². The smallest absolute Gasteiger partial charge is 0.326 e. The Kier molecular flexibility index (Phi) is 6.82. The van der Waals surface area contributed by atoms with Crippen LogP contribution >= 0.6 is 0 Å². The first-order valence-electron chi connectivity index (χ1n) is 4.47. The van der Waals surface area contributed by atoms with E-state index in [9.17, 15) is 14.4 Å². The normalized spacial score (nSPS) is 12.3. The molecule has 84 valence electrons. The van der Waals surface area contributed by atoms with Gasteiger partial charge in [-0.25, -0.2) is 4.79 Å². The van der Waals surface area contributed by atoms with Crippen molar-refractivity contribution in [1.29, 1.82) is 0 Å². The third-order valence-corrected chi connectivity index (χ3v) is 1.64. The highest BCUT2D eigenvalue weighted by Crippen LogP contribution is 1.96. The number of hydrogen-bond acceptors (Lipinski definition) is 4. The van der Waals surface area contributed by atoms with Crippen molar-refractivity contribution in [2.24, 2.45) is 5.73 Å². The molecule has 0 fully saturated rings. The fraction of sp³-hybridized carbons (Fsp3) is 0.444. The van der Waals surface area contributed by atoms with Gasteiger partial charge in [-0.2, -0.15) is 0 Å². The minimum Gasteiger partial charge on any atom is -0.480 e. The van der Waals surface area contributed by atoms with Gasteiger partial charge in [-0.3, -0.25) is 9.59 Å². The predicted octanol–water partition coefficient (Wildman–Crippen LogP) is -0.950. The minimum atomic E-state index is -1.11. The first-order chi connectivity index (χ1) is 7.11. The van der Waals surface area contributed by atoms with Gasteiger partial charge in [0.15, 0.2) is 0 Å². The fourth-order valence-corrected chi connectivity index (χ4v) is 0.926. The molecule has 4 N–H and O–H groups in total. The lowest BCUT2D eigenvalue weighted by molar-refractivity contribution is -0.141. The summed E-state index contributed by atoms with van der Waals surface area (Å²) in [6.07, 6.45) is 3.19. The van der Waals surface area contributed by atoms with E-state index in [1.165, 1.54) is 0 Å². The van der Waals surface area contributed by atoms with E-state index in [0.717, 1.165) is 12.2 Å². The Bertz CT molecular complexity index is 263. The molecule has 0 aromatic carbocycles. The number of carboxylic acids is 1. The summed E-state index contributed by atoms with van der Waals surface area (Å²) in [5.41, 5.74) is 5.22. The molecular formula is C9H14N2O4. The molecular weight excluding hydrogens is 200 g/mol. The minimum absolute atomic E-state index is 0.270. The summed E-state index contributed by atoms with van der Waals surface area (Å²) in [7, 11) is 0. The standard InChI is InChI=1S/C9H14N2O4/c10-5-1-3-7(9(14)15)11-8(13)4-2-6-12/h2,4,6-7H,1,3,5,10H2,(H,11,13)(H,14,15)/b4-2+/t7-/m0/s1. The van der Waals surface area contributed by atoms with Crippen molar-refractivity contribution >= 4 is 18.2 Å². The second kappa shape index (κ2) is 7.69. The lowest BCUT2D eigenvalue weighted by atomic mass is 10.1. The maximum absolute atomic E-state index is 11.0. The first-order valence-corrected chi connectivity index (χ1v) is 4.47. The van der Waals surface area contributed by atoms with Gasteiger partial charge in [0.2, 0.25) is 5.91 Å². The maximum atomic E-state index is 11.0. The molecule has 6 nitrogen and oxygen atoms in total. The van der Waals surface area contributed by atoms with Crippen LogP contribution in [0.3, 0.4) is 0 Å². The van der Waals surface area contributed by atoms with Crippen LogP contribution in [-0.4, -0.2) is 35.9 Å². The first kappa shape index (κ1) is 13.3. The molecule has 0 saturated carbocycles. The van der Waals surface area contributed by atoms with Crippen LogP contribution in [0.15, 0.2) is 12.2 Å². The van der Waals surface area contributed by atoms with Crippen molar-refractivity contribution in [3.8, 4) is 0 Å². The number of carbonyl (C=O) groups is 3. The fourth-order valence-electron chi connectivity index (χ4n) is 0.926. The number of allylic oxidation sites excluding steroid dienone is 1. The summed E-state index contributed by atoms with van der Waals surface area (Å²) in [6.45, 7) is 0.365. The number of nitrogens with one attached hydrogen (secondary N) is 1. The summed E-state index contributed by atoms with van der Waals surface area (Å²) in [5, 5.41) is 11.0. The van der Waals surface area contributed by atoms with E-state index >= 15 is 0 Å². The maximum Gasteiger partial charge on any atom is 0.326 e. The average molecular weight is 214 g/mol. The van der Waals surface area contributed by atoms with Gasteiger partial charge in [-0.15, -0.1) is 0 Å². The van der Waals surface area contributed by atoms with E-state index < -0.39 is 17.9 Å². The molecule has 0 saturated heterocycles. The van der Waals surface area contributed by atoms with Crippen LogP contribution in [0, 0.1) is 0 Å². The number of amides is 1. The number of hydrogen-bond donors (Lipinski definition) is 3. The third kappa shape index (κ3) is 6.39. The topological polar surface area (TPSA) is 109 Å². The zero-order valence-corrected chi connectivity index (χ0v) is 8.18. The average Bonchev–Trinajstić information content (AvgIpc) is 2.20. The molecule has 0 spiro atoms. The lowest BCUT2D eigenvalue weighted by Crippen LogP contribution is -2.40. The van der Waals surface area contributed by atoms with Crippen molar-refractivity contribution in [3.63, 3.8) is 0 Å². The van der Waals surface area contributed by atoms with E-state index in [4.69, 9.17) is 10.8 Å². The lowest BCUT2D eigenvalue weighted by Gasteiger charge is -2.12.